The van der Waals surface area contributed by atoms with Gasteiger partial charge >= 0.3 is 6.55 Å². The van der Waals surface area contributed by atoms with Crippen molar-refractivity contribution < 1.29 is 8.78 Å². The van der Waals surface area contributed by atoms with E-state index in [1.165, 1.54) is 6.20 Å². The monoisotopic (exact) mass is 332 g/mol. The van der Waals surface area contributed by atoms with Crippen LogP contribution in [0.25, 0.3) is 11.3 Å². The smallest absolute Gasteiger partial charge is 0.333 e. The first kappa shape index (κ1) is 16.6. The van der Waals surface area contributed by atoms with Crippen LogP contribution in [-0.2, 0) is 0 Å². The van der Waals surface area contributed by atoms with Crippen LogP contribution in [0.3, 0.4) is 0 Å². The topological polar surface area (TPSA) is 42.7 Å². The van der Waals surface area contributed by atoms with E-state index in [-0.39, 0.29) is 11.8 Å². The van der Waals surface area contributed by atoms with Crippen molar-refractivity contribution in [3.63, 3.8) is 0 Å². The first-order chi connectivity index (χ1) is 11.5. The number of aromatic nitrogens is 3. The van der Waals surface area contributed by atoms with Crippen LogP contribution in [0.1, 0.15) is 51.3 Å². The van der Waals surface area contributed by atoms with Crippen LogP contribution in [0.5, 0.6) is 0 Å². The second-order valence-electron chi connectivity index (χ2n) is 6.48. The number of allylic oxidation sites excluding steroid dienone is 1. The molecule has 2 atom stereocenters. The van der Waals surface area contributed by atoms with Gasteiger partial charge < -0.3 is 5.32 Å². The van der Waals surface area contributed by atoms with Crippen molar-refractivity contribution in [1.82, 2.24) is 14.8 Å². The van der Waals surface area contributed by atoms with Crippen LogP contribution < -0.4 is 5.32 Å². The Morgan fingerprint density at radius 2 is 2.04 bits per heavy atom. The van der Waals surface area contributed by atoms with Crippen LogP contribution in [0.15, 0.2) is 36.8 Å². The van der Waals surface area contributed by atoms with Gasteiger partial charge in [0, 0.05) is 23.2 Å². The van der Waals surface area contributed by atoms with Gasteiger partial charge in [0.2, 0.25) is 0 Å². The summed E-state index contributed by atoms with van der Waals surface area (Å²) in [5, 5.41) is 7.06. The van der Waals surface area contributed by atoms with E-state index in [0.717, 1.165) is 35.3 Å². The Morgan fingerprint density at radius 1 is 1.29 bits per heavy atom. The number of fused-ring (bicyclic) bond motifs is 4. The van der Waals surface area contributed by atoms with Crippen LogP contribution in [-0.4, -0.2) is 14.8 Å². The quantitative estimate of drug-likeness (QED) is 0.781. The average Bonchev–Trinajstić information content (AvgIpc) is 2.97. The van der Waals surface area contributed by atoms with E-state index >= 15 is 0 Å². The summed E-state index contributed by atoms with van der Waals surface area (Å²) in [6.45, 7) is 5.60. The minimum atomic E-state index is -2.71. The lowest BCUT2D eigenvalue weighted by atomic mass is 9.93. The normalized spacial score (nSPS) is 21.6. The van der Waals surface area contributed by atoms with Gasteiger partial charge in [0.15, 0.2) is 0 Å². The van der Waals surface area contributed by atoms with Crippen LogP contribution in [0.4, 0.5) is 14.5 Å². The summed E-state index contributed by atoms with van der Waals surface area (Å²) in [7, 11) is 0. The summed E-state index contributed by atoms with van der Waals surface area (Å²) >= 11 is 0. The van der Waals surface area contributed by atoms with Gasteiger partial charge in [-0.15, -0.1) is 0 Å². The molecule has 0 aromatic carbocycles. The van der Waals surface area contributed by atoms with Gasteiger partial charge in [-0.2, -0.15) is 13.9 Å². The second kappa shape index (κ2) is 6.71. The van der Waals surface area contributed by atoms with Gasteiger partial charge in [-0.25, -0.2) is 4.68 Å². The van der Waals surface area contributed by atoms with Crippen LogP contribution in [0, 0.1) is 5.92 Å². The standard InChI is InChI=1S/C18H22F2N4/c1-11-5-4-6-12(2)15-9-14(7-8-21-15)17-16(23-13(11)3)10-22-24(17)18(19)20/h7-12,18,23H,3-6H2,1-2H3/t11-,12+/m1/s1. The molecule has 0 radical (unpaired) electrons. The number of halogens is 2. The fourth-order valence-electron chi connectivity index (χ4n) is 3.10. The fraction of sp³-hybridized carbons (Fsp3) is 0.444. The zero-order valence-corrected chi connectivity index (χ0v) is 14.0. The van der Waals surface area contributed by atoms with Crippen molar-refractivity contribution in [2.75, 3.05) is 5.32 Å². The molecule has 3 heterocycles. The molecule has 128 valence electrons. The molecule has 0 saturated heterocycles. The number of pyridine rings is 1. The maximum Gasteiger partial charge on any atom is 0.333 e. The van der Waals surface area contributed by atoms with Gasteiger partial charge in [0.05, 0.1) is 17.6 Å². The zero-order valence-electron chi connectivity index (χ0n) is 14.0. The third kappa shape index (κ3) is 3.18. The Kier molecular flexibility index (Phi) is 4.64. The number of rotatable bonds is 1. The molecule has 3 rings (SSSR count). The molecule has 0 spiro atoms. The van der Waals surface area contributed by atoms with E-state index in [1.54, 1.807) is 12.3 Å². The molecule has 2 bridgehead atoms. The molecule has 2 aromatic rings. The molecular weight excluding hydrogens is 310 g/mol. The minimum absolute atomic E-state index is 0.255. The Bertz CT molecular complexity index is 738. The Morgan fingerprint density at radius 3 is 2.79 bits per heavy atom. The predicted molar refractivity (Wildman–Crippen MR) is 90.9 cm³/mol. The van der Waals surface area contributed by atoms with E-state index in [0.29, 0.717) is 16.9 Å². The maximum absolute atomic E-state index is 13.4. The maximum atomic E-state index is 13.4. The van der Waals surface area contributed by atoms with E-state index in [1.807, 2.05) is 6.07 Å². The SMILES string of the molecule is C=C1Nc2cnn(C(F)F)c2-c2ccnc(c2)[C@@H](C)CCC[C@H]1C. The highest BCUT2D eigenvalue weighted by Crippen LogP contribution is 2.35. The Labute approximate surface area is 140 Å². The third-order valence-electron chi connectivity index (χ3n) is 4.70. The minimum Gasteiger partial charge on any atom is -0.356 e. The molecule has 0 unspecified atom stereocenters. The lowest BCUT2D eigenvalue weighted by Gasteiger charge is -2.20. The molecule has 6 heteroatoms. The Balaban J connectivity index is 2.15. The van der Waals surface area contributed by atoms with Crippen molar-refractivity contribution in [3.05, 3.63) is 42.5 Å². The lowest BCUT2D eigenvalue weighted by molar-refractivity contribution is 0.0585. The lowest BCUT2D eigenvalue weighted by Crippen LogP contribution is -2.11. The van der Waals surface area contributed by atoms with Crippen molar-refractivity contribution in [2.45, 2.75) is 45.6 Å². The number of anilines is 1. The molecule has 1 N–H and O–H groups in total. The zero-order chi connectivity index (χ0) is 17.3. The van der Waals surface area contributed by atoms with Crippen LogP contribution in [0.2, 0.25) is 0 Å². The molecule has 0 fully saturated rings. The Hall–Kier alpha value is -2.24. The van der Waals surface area contributed by atoms with Gasteiger partial charge in [-0.05, 0) is 36.8 Å². The molecule has 1 aliphatic heterocycles. The third-order valence-corrected chi connectivity index (χ3v) is 4.70. The summed E-state index contributed by atoms with van der Waals surface area (Å²) in [4.78, 5) is 4.43. The molecular formula is C18H22F2N4. The first-order valence-electron chi connectivity index (χ1n) is 8.25. The van der Waals surface area contributed by atoms with E-state index < -0.39 is 6.55 Å². The number of hydrogen-bond acceptors (Lipinski definition) is 3. The number of nitrogens with one attached hydrogen (secondary N) is 1. The van der Waals surface area contributed by atoms with Gasteiger partial charge in [0.1, 0.15) is 0 Å². The summed E-state index contributed by atoms with van der Waals surface area (Å²) in [6.07, 6.45) is 6.19. The summed E-state index contributed by atoms with van der Waals surface area (Å²) in [6, 6.07) is 3.63. The number of alkyl halides is 2. The van der Waals surface area contributed by atoms with Crippen molar-refractivity contribution >= 4 is 5.69 Å². The van der Waals surface area contributed by atoms with Crippen LogP contribution >= 0.6 is 0 Å². The first-order valence-corrected chi connectivity index (χ1v) is 8.25. The fourth-order valence-corrected chi connectivity index (χ4v) is 3.10. The molecule has 0 saturated carbocycles. The van der Waals surface area contributed by atoms with E-state index in [9.17, 15) is 8.78 Å². The highest BCUT2D eigenvalue weighted by atomic mass is 19.3. The highest BCUT2D eigenvalue weighted by molar-refractivity contribution is 5.75. The van der Waals surface area contributed by atoms with Gasteiger partial charge in [-0.1, -0.05) is 26.8 Å². The van der Waals surface area contributed by atoms with E-state index in [4.69, 9.17) is 0 Å². The summed E-state index contributed by atoms with van der Waals surface area (Å²) in [5.41, 5.74) is 3.36. The van der Waals surface area contributed by atoms with E-state index in [2.05, 4.69) is 35.8 Å². The molecule has 4 nitrogen and oxygen atoms in total. The molecule has 24 heavy (non-hydrogen) atoms. The number of hydrogen-bond donors (Lipinski definition) is 1. The predicted octanol–water partition coefficient (Wildman–Crippen LogP) is 5.19. The average molecular weight is 332 g/mol. The molecule has 1 aliphatic rings. The second-order valence-corrected chi connectivity index (χ2v) is 6.48. The molecule has 2 aromatic heterocycles. The summed E-state index contributed by atoms with van der Waals surface area (Å²) in [5.74, 6) is 0.537. The summed E-state index contributed by atoms with van der Waals surface area (Å²) < 4.78 is 27.5. The highest BCUT2D eigenvalue weighted by Gasteiger charge is 2.22. The number of nitrogens with zero attached hydrogens (tertiary/aromatic N) is 3. The van der Waals surface area contributed by atoms with Crippen molar-refractivity contribution in [2.24, 2.45) is 5.92 Å². The molecule has 0 amide bonds. The van der Waals surface area contributed by atoms with Gasteiger partial charge in [0.25, 0.3) is 0 Å². The van der Waals surface area contributed by atoms with Crippen molar-refractivity contribution in [3.8, 4) is 11.3 Å². The molecule has 0 aliphatic carbocycles. The van der Waals surface area contributed by atoms with Crippen molar-refractivity contribution in [1.29, 1.82) is 0 Å². The largest absolute Gasteiger partial charge is 0.356 e. The van der Waals surface area contributed by atoms with Gasteiger partial charge in [-0.3, -0.25) is 4.98 Å².